The summed E-state index contributed by atoms with van der Waals surface area (Å²) in [5, 5.41) is 15.3. The van der Waals surface area contributed by atoms with Crippen molar-refractivity contribution in [3.8, 4) is 11.3 Å². The zero-order chi connectivity index (χ0) is 28.9. The van der Waals surface area contributed by atoms with Gasteiger partial charge in [-0.15, -0.1) is 0 Å². The number of nitrogens with zero attached hydrogens (tertiary/aromatic N) is 2. The van der Waals surface area contributed by atoms with E-state index in [0.29, 0.717) is 48.6 Å². The molecule has 0 bridgehead atoms. The second kappa shape index (κ2) is 12.6. The molecule has 1 atom stereocenters. The third-order valence-corrected chi connectivity index (χ3v) is 8.52. The number of benzene rings is 1. The van der Waals surface area contributed by atoms with E-state index in [2.05, 4.69) is 25.3 Å². The van der Waals surface area contributed by atoms with Gasteiger partial charge in [-0.2, -0.15) is 8.42 Å². The number of halogens is 1. The van der Waals surface area contributed by atoms with Crippen LogP contribution in [0.2, 0.25) is 5.02 Å². The van der Waals surface area contributed by atoms with Gasteiger partial charge in [0.25, 0.3) is 10.0 Å². The number of nitrogens with one attached hydrogen (secondary N) is 3. The fourth-order valence-corrected chi connectivity index (χ4v) is 5.88. The van der Waals surface area contributed by atoms with E-state index in [1.807, 2.05) is 31.2 Å². The SMILES string of the molecule is CCC(NC(=O)C1CCC(Nc2cccc(S(=O)(=O)Nc3ccc(Cl)c(-c4ccccc4C)n3)n2)CC1)C(=O)O. The molecular formula is C28H32ClN5O5S. The lowest BCUT2D eigenvalue weighted by Gasteiger charge is -2.29. The van der Waals surface area contributed by atoms with E-state index < -0.39 is 22.0 Å². The molecule has 4 N–H and O–H groups in total. The normalized spacial score (nSPS) is 18.0. The van der Waals surface area contributed by atoms with Crippen LogP contribution in [0.15, 0.2) is 59.6 Å². The van der Waals surface area contributed by atoms with Crippen molar-refractivity contribution in [1.82, 2.24) is 15.3 Å². The topological polar surface area (TPSA) is 150 Å². The fourth-order valence-electron chi connectivity index (χ4n) is 4.70. The lowest BCUT2D eigenvalue weighted by Crippen LogP contribution is -2.44. The first kappa shape index (κ1) is 29.3. The van der Waals surface area contributed by atoms with Crippen molar-refractivity contribution in [3.63, 3.8) is 0 Å². The summed E-state index contributed by atoms with van der Waals surface area (Å²) in [5.74, 6) is -1.02. The van der Waals surface area contributed by atoms with Gasteiger partial charge in [0.1, 0.15) is 17.7 Å². The molecule has 2 aromatic heterocycles. The number of carboxylic acid groups (broad SMARTS) is 1. The summed E-state index contributed by atoms with van der Waals surface area (Å²) in [6.07, 6.45) is 2.82. The number of amides is 1. The predicted molar refractivity (Wildman–Crippen MR) is 154 cm³/mol. The largest absolute Gasteiger partial charge is 0.480 e. The minimum absolute atomic E-state index is 0.00138. The highest BCUT2D eigenvalue weighted by molar-refractivity contribution is 7.92. The number of aliphatic carboxylic acids is 1. The smallest absolute Gasteiger partial charge is 0.326 e. The number of hydrogen-bond donors (Lipinski definition) is 4. The highest BCUT2D eigenvalue weighted by atomic mass is 35.5. The van der Waals surface area contributed by atoms with Crippen LogP contribution in [0.3, 0.4) is 0 Å². The highest BCUT2D eigenvalue weighted by Gasteiger charge is 2.29. The number of hydrogen-bond acceptors (Lipinski definition) is 7. The summed E-state index contributed by atoms with van der Waals surface area (Å²) < 4.78 is 28.8. The van der Waals surface area contributed by atoms with Crippen molar-refractivity contribution >= 4 is 45.1 Å². The number of sulfonamides is 1. The average molecular weight is 586 g/mol. The highest BCUT2D eigenvalue weighted by Crippen LogP contribution is 2.31. The van der Waals surface area contributed by atoms with Crippen molar-refractivity contribution in [2.45, 2.75) is 63.1 Å². The fraction of sp³-hybridized carbons (Fsp3) is 0.357. The molecule has 1 amide bonds. The van der Waals surface area contributed by atoms with Crippen LogP contribution in [0.5, 0.6) is 0 Å². The van der Waals surface area contributed by atoms with E-state index in [1.54, 1.807) is 25.1 Å². The molecule has 2 heterocycles. The molecule has 0 saturated heterocycles. The Hall–Kier alpha value is -3.70. The Morgan fingerprint density at radius 2 is 1.73 bits per heavy atom. The Morgan fingerprint density at radius 1 is 1.00 bits per heavy atom. The molecule has 1 unspecified atom stereocenters. The number of carboxylic acids is 1. The number of aryl methyl sites for hydroxylation is 1. The standard InChI is InChI=1S/C28H32ClN5O5S/c1-3-22(28(36)37)31-27(35)18-11-13-19(14-12-18)30-23-9-6-10-25(32-23)40(38,39)34-24-16-15-21(29)26(33-24)20-8-5-4-7-17(20)2/h4-10,15-16,18-19,22H,3,11-14H2,1-2H3,(H,30,32)(H,31,35)(H,33,34)(H,36,37). The number of rotatable bonds is 10. The molecule has 0 spiro atoms. The summed E-state index contributed by atoms with van der Waals surface area (Å²) in [5.41, 5.74) is 2.23. The van der Waals surface area contributed by atoms with Gasteiger partial charge < -0.3 is 15.7 Å². The first-order valence-corrected chi connectivity index (χ1v) is 15.0. The summed E-state index contributed by atoms with van der Waals surface area (Å²) in [7, 11) is -4.05. The van der Waals surface area contributed by atoms with Crippen molar-refractivity contribution in [1.29, 1.82) is 0 Å². The molecule has 0 aliphatic heterocycles. The van der Waals surface area contributed by atoms with Gasteiger partial charge in [-0.3, -0.25) is 9.52 Å². The van der Waals surface area contributed by atoms with Gasteiger partial charge in [0, 0.05) is 17.5 Å². The maximum absolute atomic E-state index is 13.2. The Kier molecular flexibility index (Phi) is 9.26. The van der Waals surface area contributed by atoms with Crippen LogP contribution < -0.4 is 15.4 Å². The Bertz CT molecular complexity index is 1490. The van der Waals surface area contributed by atoms with E-state index in [-0.39, 0.29) is 28.7 Å². The van der Waals surface area contributed by atoms with Gasteiger partial charge in [-0.1, -0.05) is 48.9 Å². The summed E-state index contributed by atoms with van der Waals surface area (Å²) in [6, 6.07) is 14.5. The molecule has 1 fully saturated rings. The van der Waals surface area contributed by atoms with Gasteiger partial charge in [0.15, 0.2) is 5.03 Å². The van der Waals surface area contributed by atoms with E-state index in [0.717, 1.165) is 11.1 Å². The number of anilines is 2. The quantitative estimate of drug-likeness (QED) is 0.263. The monoisotopic (exact) mass is 585 g/mol. The molecule has 3 aromatic rings. The molecule has 1 aliphatic carbocycles. The Labute approximate surface area is 238 Å². The first-order valence-electron chi connectivity index (χ1n) is 13.1. The summed E-state index contributed by atoms with van der Waals surface area (Å²) in [6.45, 7) is 3.64. The van der Waals surface area contributed by atoms with Crippen LogP contribution in [0, 0.1) is 12.8 Å². The van der Waals surface area contributed by atoms with Gasteiger partial charge >= 0.3 is 5.97 Å². The molecule has 1 aliphatic rings. The summed E-state index contributed by atoms with van der Waals surface area (Å²) >= 11 is 6.37. The Morgan fingerprint density at radius 3 is 2.40 bits per heavy atom. The van der Waals surface area contributed by atoms with Crippen molar-refractivity contribution in [3.05, 3.63) is 65.2 Å². The molecule has 1 aromatic carbocycles. The van der Waals surface area contributed by atoms with E-state index >= 15 is 0 Å². The maximum atomic E-state index is 13.2. The van der Waals surface area contributed by atoms with Gasteiger partial charge in [-0.05, 0) is 68.9 Å². The van der Waals surface area contributed by atoms with Crippen LogP contribution in [-0.4, -0.2) is 47.5 Å². The van der Waals surface area contributed by atoms with E-state index in [4.69, 9.17) is 11.6 Å². The zero-order valence-electron chi connectivity index (χ0n) is 22.2. The molecule has 212 valence electrons. The van der Waals surface area contributed by atoms with Crippen LogP contribution in [0.25, 0.3) is 11.3 Å². The van der Waals surface area contributed by atoms with Crippen LogP contribution in [-0.2, 0) is 19.6 Å². The number of carbonyl (C=O) groups excluding carboxylic acids is 1. The average Bonchev–Trinajstić information content (AvgIpc) is 2.93. The van der Waals surface area contributed by atoms with E-state index in [9.17, 15) is 23.1 Å². The molecule has 10 nitrogen and oxygen atoms in total. The van der Waals surface area contributed by atoms with Crippen molar-refractivity contribution < 1.29 is 23.1 Å². The second-order valence-corrected chi connectivity index (χ2v) is 11.8. The first-order chi connectivity index (χ1) is 19.1. The third-order valence-electron chi connectivity index (χ3n) is 6.96. The molecule has 12 heteroatoms. The molecular weight excluding hydrogens is 554 g/mol. The van der Waals surface area contributed by atoms with Gasteiger partial charge in [0.05, 0.1) is 10.7 Å². The zero-order valence-corrected chi connectivity index (χ0v) is 23.8. The van der Waals surface area contributed by atoms with Crippen LogP contribution >= 0.6 is 11.6 Å². The molecule has 40 heavy (non-hydrogen) atoms. The number of aromatic nitrogens is 2. The van der Waals surface area contributed by atoms with Crippen molar-refractivity contribution in [2.24, 2.45) is 5.92 Å². The van der Waals surface area contributed by atoms with E-state index in [1.165, 1.54) is 12.1 Å². The summed E-state index contributed by atoms with van der Waals surface area (Å²) in [4.78, 5) is 32.5. The lowest BCUT2D eigenvalue weighted by molar-refractivity contribution is -0.142. The second-order valence-electron chi connectivity index (χ2n) is 9.81. The Balaban J connectivity index is 1.40. The molecule has 0 radical (unpaired) electrons. The third kappa shape index (κ3) is 7.08. The van der Waals surface area contributed by atoms with Gasteiger partial charge in [0.2, 0.25) is 5.91 Å². The maximum Gasteiger partial charge on any atom is 0.326 e. The minimum Gasteiger partial charge on any atom is -0.480 e. The minimum atomic E-state index is -4.05. The van der Waals surface area contributed by atoms with Crippen LogP contribution in [0.1, 0.15) is 44.6 Å². The molecule has 4 rings (SSSR count). The predicted octanol–water partition coefficient (Wildman–Crippen LogP) is 4.86. The van der Waals surface area contributed by atoms with Gasteiger partial charge in [-0.25, -0.2) is 14.8 Å². The van der Waals surface area contributed by atoms with Crippen LogP contribution in [0.4, 0.5) is 11.6 Å². The lowest BCUT2D eigenvalue weighted by atomic mass is 9.85. The number of carbonyl (C=O) groups is 2. The number of pyridine rings is 2. The van der Waals surface area contributed by atoms with Crippen molar-refractivity contribution in [2.75, 3.05) is 10.0 Å². The molecule has 1 saturated carbocycles.